The predicted octanol–water partition coefficient (Wildman–Crippen LogP) is 3.49. The maximum Gasteiger partial charge on any atom is 0.0533 e. The number of piperidine rings is 1. The molecule has 2 rings (SSSR count). The Morgan fingerprint density at radius 2 is 1.89 bits per heavy atom. The number of benzene rings is 1. The number of ether oxygens (including phenoxy) is 1. The summed E-state index contributed by atoms with van der Waals surface area (Å²) < 4.78 is 5.39. The van der Waals surface area contributed by atoms with Crippen LogP contribution in [0.5, 0.6) is 0 Å². The van der Waals surface area contributed by atoms with Gasteiger partial charge in [-0.1, -0.05) is 23.7 Å². The van der Waals surface area contributed by atoms with Gasteiger partial charge >= 0.3 is 0 Å². The fraction of sp³-hybridized carbons (Fsp3) is 0.571. The fourth-order valence-corrected chi connectivity index (χ4v) is 2.77. The van der Waals surface area contributed by atoms with Crippen molar-refractivity contribution in [2.24, 2.45) is 5.92 Å². The van der Waals surface area contributed by atoms with Gasteiger partial charge in [-0.15, -0.1) is 12.4 Å². The van der Waals surface area contributed by atoms with E-state index in [2.05, 4.69) is 17.4 Å². The van der Waals surface area contributed by atoms with E-state index < -0.39 is 0 Å². The van der Waals surface area contributed by atoms with Gasteiger partial charge in [0.2, 0.25) is 0 Å². The van der Waals surface area contributed by atoms with Crippen molar-refractivity contribution >= 4 is 24.0 Å². The van der Waals surface area contributed by atoms with Crippen LogP contribution in [-0.2, 0) is 4.74 Å². The number of hydrogen-bond acceptors (Lipinski definition) is 2. The first-order chi connectivity index (χ1) is 8.31. The SMILES string of the molecule is COCC(c1ccc(Cl)cc1)C1CCNCC1.Cl. The Morgan fingerprint density at radius 1 is 1.28 bits per heavy atom. The zero-order valence-electron chi connectivity index (χ0n) is 10.7. The van der Waals surface area contributed by atoms with Crippen molar-refractivity contribution in [1.82, 2.24) is 5.32 Å². The molecule has 1 aliphatic heterocycles. The van der Waals surface area contributed by atoms with Crippen LogP contribution in [0.15, 0.2) is 24.3 Å². The van der Waals surface area contributed by atoms with Crippen molar-refractivity contribution in [2.75, 3.05) is 26.8 Å². The average molecular weight is 290 g/mol. The first-order valence-electron chi connectivity index (χ1n) is 6.26. The molecule has 1 heterocycles. The minimum atomic E-state index is 0. The maximum atomic E-state index is 5.94. The van der Waals surface area contributed by atoms with Gasteiger partial charge in [-0.3, -0.25) is 0 Å². The number of nitrogens with one attached hydrogen (secondary N) is 1. The van der Waals surface area contributed by atoms with Gasteiger partial charge < -0.3 is 10.1 Å². The third-order valence-electron chi connectivity index (χ3n) is 3.60. The van der Waals surface area contributed by atoms with E-state index in [0.29, 0.717) is 5.92 Å². The first kappa shape index (κ1) is 15.8. The first-order valence-corrected chi connectivity index (χ1v) is 6.64. The second-order valence-electron chi connectivity index (χ2n) is 4.70. The normalized spacial score (nSPS) is 18.1. The maximum absolute atomic E-state index is 5.94. The lowest BCUT2D eigenvalue weighted by molar-refractivity contribution is 0.144. The number of methoxy groups -OCH3 is 1. The second kappa shape index (κ2) is 8.00. The van der Waals surface area contributed by atoms with Gasteiger partial charge in [-0.2, -0.15) is 0 Å². The largest absolute Gasteiger partial charge is 0.384 e. The average Bonchev–Trinajstić information content (AvgIpc) is 2.38. The van der Waals surface area contributed by atoms with Crippen LogP contribution in [0.4, 0.5) is 0 Å². The Kier molecular flexibility index (Phi) is 7.02. The molecule has 4 heteroatoms. The van der Waals surface area contributed by atoms with Crippen molar-refractivity contribution in [1.29, 1.82) is 0 Å². The van der Waals surface area contributed by atoms with Crippen molar-refractivity contribution < 1.29 is 4.74 Å². The molecule has 1 aliphatic rings. The molecule has 1 unspecified atom stereocenters. The molecular weight excluding hydrogens is 269 g/mol. The summed E-state index contributed by atoms with van der Waals surface area (Å²) in [6.45, 7) is 3.04. The Hall–Kier alpha value is -0.280. The summed E-state index contributed by atoms with van der Waals surface area (Å²) in [7, 11) is 1.78. The summed E-state index contributed by atoms with van der Waals surface area (Å²) in [5.41, 5.74) is 1.35. The van der Waals surface area contributed by atoms with E-state index in [4.69, 9.17) is 16.3 Å². The molecule has 0 saturated carbocycles. The second-order valence-corrected chi connectivity index (χ2v) is 5.14. The van der Waals surface area contributed by atoms with Crippen molar-refractivity contribution in [3.8, 4) is 0 Å². The van der Waals surface area contributed by atoms with Gasteiger partial charge in [0.15, 0.2) is 0 Å². The molecule has 1 atom stereocenters. The zero-order valence-corrected chi connectivity index (χ0v) is 12.3. The van der Waals surface area contributed by atoms with E-state index in [1.54, 1.807) is 7.11 Å². The molecular formula is C14H21Cl2NO. The Morgan fingerprint density at radius 3 is 2.44 bits per heavy atom. The monoisotopic (exact) mass is 289 g/mol. The molecule has 0 aliphatic carbocycles. The number of hydrogen-bond donors (Lipinski definition) is 1. The highest BCUT2D eigenvalue weighted by Crippen LogP contribution is 2.31. The summed E-state index contributed by atoms with van der Waals surface area (Å²) in [4.78, 5) is 0. The minimum absolute atomic E-state index is 0. The van der Waals surface area contributed by atoms with Gasteiger partial charge in [0.25, 0.3) is 0 Å². The summed E-state index contributed by atoms with van der Waals surface area (Å²) in [5, 5.41) is 4.21. The van der Waals surface area contributed by atoms with Crippen LogP contribution >= 0.6 is 24.0 Å². The highest BCUT2D eigenvalue weighted by atomic mass is 35.5. The fourth-order valence-electron chi connectivity index (χ4n) is 2.64. The molecule has 1 aromatic carbocycles. The van der Waals surface area contributed by atoms with E-state index in [-0.39, 0.29) is 12.4 Å². The smallest absolute Gasteiger partial charge is 0.0533 e. The van der Waals surface area contributed by atoms with E-state index in [0.717, 1.165) is 30.6 Å². The van der Waals surface area contributed by atoms with E-state index in [9.17, 15) is 0 Å². The summed E-state index contributed by atoms with van der Waals surface area (Å²) in [5.74, 6) is 1.22. The predicted molar refractivity (Wildman–Crippen MR) is 78.9 cm³/mol. The van der Waals surface area contributed by atoms with Crippen LogP contribution < -0.4 is 5.32 Å². The van der Waals surface area contributed by atoms with E-state index >= 15 is 0 Å². The van der Waals surface area contributed by atoms with E-state index in [1.807, 2.05) is 12.1 Å². The standard InChI is InChI=1S/C14H20ClNO.ClH/c1-17-10-14(12-6-8-16-9-7-12)11-2-4-13(15)5-3-11;/h2-5,12,14,16H,6-10H2,1H3;1H. The molecule has 0 radical (unpaired) electrons. The highest BCUT2D eigenvalue weighted by molar-refractivity contribution is 6.30. The summed E-state index contributed by atoms with van der Waals surface area (Å²) in [6.07, 6.45) is 2.47. The van der Waals surface area contributed by atoms with Gasteiger partial charge in [0, 0.05) is 18.1 Å². The van der Waals surface area contributed by atoms with Crippen LogP contribution in [0.3, 0.4) is 0 Å². The molecule has 0 aromatic heterocycles. The molecule has 1 N–H and O–H groups in total. The number of halogens is 2. The van der Waals surface area contributed by atoms with Gasteiger partial charge in [0.1, 0.15) is 0 Å². The third-order valence-corrected chi connectivity index (χ3v) is 3.85. The lowest BCUT2D eigenvalue weighted by Crippen LogP contribution is -2.32. The molecule has 18 heavy (non-hydrogen) atoms. The lowest BCUT2D eigenvalue weighted by atomic mass is 9.81. The van der Waals surface area contributed by atoms with Crippen molar-refractivity contribution in [3.63, 3.8) is 0 Å². The third kappa shape index (κ3) is 4.13. The van der Waals surface area contributed by atoms with Gasteiger partial charge in [-0.25, -0.2) is 0 Å². The number of rotatable bonds is 4. The van der Waals surface area contributed by atoms with Gasteiger partial charge in [0.05, 0.1) is 6.61 Å². The lowest BCUT2D eigenvalue weighted by Gasteiger charge is -2.30. The van der Waals surface area contributed by atoms with Crippen molar-refractivity contribution in [3.05, 3.63) is 34.9 Å². The molecule has 1 saturated heterocycles. The van der Waals surface area contributed by atoms with Gasteiger partial charge in [-0.05, 0) is 49.5 Å². The van der Waals surface area contributed by atoms with Crippen LogP contribution in [0.2, 0.25) is 5.02 Å². The zero-order chi connectivity index (χ0) is 12.1. The highest BCUT2D eigenvalue weighted by Gasteiger charge is 2.24. The Bertz CT molecular complexity index is 336. The molecule has 0 spiro atoms. The topological polar surface area (TPSA) is 21.3 Å². The van der Waals surface area contributed by atoms with Crippen LogP contribution in [0.25, 0.3) is 0 Å². The van der Waals surface area contributed by atoms with Crippen LogP contribution in [-0.4, -0.2) is 26.8 Å². The summed E-state index contributed by atoms with van der Waals surface area (Å²) >= 11 is 5.94. The molecule has 2 nitrogen and oxygen atoms in total. The molecule has 1 aromatic rings. The van der Waals surface area contributed by atoms with E-state index in [1.165, 1.54) is 18.4 Å². The summed E-state index contributed by atoms with van der Waals surface area (Å²) in [6, 6.07) is 8.21. The van der Waals surface area contributed by atoms with Crippen LogP contribution in [0.1, 0.15) is 24.3 Å². The Balaban J connectivity index is 0.00000162. The Labute approximate surface area is 120 Å². The van der Waals surface area contributed by atoms with Crippen molar-refractivity contribution in [2.45, 2.75) is 18.8 Å². The molecule has 0 bridgehead atoms. The molecule has 0 amide bonds. The van der Waals surface area contributed by atoms with Crippen LogP contribution in [0, 0.1) is 5.92 Å². The molecule has 1 fully saturated rings. The quantitative estimate of drug-likeness (QED) is 0.916. The molecule has 102 valence electrons. The minimum Gasteiger partial charge on any atom is -0.384 e.